The summed E-state index contributed by atoms with van der Waals surface area (Å²) in [6, 6.07) is 14.1. The van der Waals surface area contributed by atoms with Crippen LogP contribution in [0.2, 0.25) is 0 Å². The van der Waals surface area contributed by atoms with E-state index in [-0.39, 0.29) is 11.9 Å². The largest absolute Gasteiger partial charge is 0.346 e. The maximum Gasteiger partial charge on any atom is 0.251 e. The van der Waals surface area contributed by atoms with Gasteiger partial charge in [0.25, 0.3) is 5.91 Å². The first-order valence-electron chi connectivity index (χ1n) is 7.34. The van der Waals surface area contributed by atoms with Gasteiger partial charge in [-0.05, 0) is 48.2 Å². The molecule has 1 aliphatic rings. The normalized spacial score (nSPS) is 14.6. The van der Waals surface area contributed by atoms with Gasteiger partial charge in [-0.3, -0.25) is 4.79 Å². The average molecular weight is 280 g/mol. The molecule has 1 atom stereocenters. The van der Waals surface area contributed by atoms with Crippen LogP contribution in [-0.2, 0) is 13.1 Å². The van der Waals surface area contributed by atoms with Gasteiger partial charge in [0, 0.05) is 18.7 Å². The molecule has 3 heteroatoms. The third-order valence-corrected chi connectivity index (χ3v) is 4.10. The Bertz CT molecular complexity index is 679. The molecule has 108 valence electrons. The fraction of sp³-hybridized carbons (Fsp3) is 0.278. The van der Waals surface area contributed by atoms with E-state index in [1.54, 1.807) is 0 Å². The van der Waals surface area contributed by atoms with E-state index < -0.39 is 0 Å². The summed E-state index contributed by atoms with van der Waals surface area (Å²) in [7, 11) is 0. The SMILES string of the molecule is Cc1ccccc1[C@H](C)NC(=O)c1ccc2c(c1)CNC2. The number of hydrogen-bond donors (Lipinski definition) is 2. The molecule has 21 heavy (non-hydrogen) atoms. The van der Waals surface area contributed by atoms with Crippen LogP contribution in [0.15, 0.2) is 42.5 Å². The quantitative estimate of drug-likeness (QED) is 0.907. The molecule has 0 radical (unpaired) electrons. The van der Waals surface area contributed by atoms with Crippen LogP contribution >= 0.6 is 0 Å². The number of fused-ring (bicyclic) bond motifs is 1. The van der Waals surface area contributed by atoms with Crippen LogP contribution in [0.25, 0.3) is 0 Å². The van der Waals surface area contributed by atoms with E-state index >= 15 is 0 Å². The van der Waals surface area contributed by atoms with Gasteiger partial charge in [-0.1, -0.05) is 30.3 Å². The van der Waals surface area contributed by atoms with Crippen molar-refractivity contribution in [2.45, 2.75) is 33.0 Å². The van der Waals surface area contributed by atoms with Crippen molar-refractivity contribution in [3.8, 4) is 0 Å². The molecule has 3 nitrogen and oxygen atoms in total. The first kappa shape index (κ1) is 13.8. The molecule has 2 N–H and O–H groups in total. The summed E-state index contributed by atoms with van der Waals surface area (Å²) in [5.41, 5.74) is 5.61. The number of hydrogen-bond acceptors (Lipinski definition) is 2. The van der Waals surface area contributed by atoms with E-state index in [0.29, 0.717) is 0 Å². The number of aryl methyl sites for hydroxylation is 1. The molecule has 2 aromatic rings. The number of nitrogens with one attached hydrogen (secondary N) is 2. The highest BCUT2D eigenvalue weighted by Crippen LogP contribution is 2.19. The summed E-state index contributed by atoms with van der Waals surface area (Å²) in [6.45, 7) is 5.84. The lowest BCUT2D eigenvalue weighted by atomic mass is 10.0. The summed E-state index contributed by atoms with van der Waals surface area (Å²) in [6.07, 6.45) is 0. The van der Waals surface area contributed by atoms with Crippen molar-refractivity contribution in [3.63, 3.8) is 0 Å². The van der Waals surface area contributed by atoms with E-state index in [1.807, 2.05) is 37.3 Å². The predicted octanol–water partition coefficient (Wildman–Crippen LogP) is 3.09. The predicted molar refractivity (Wildman–Crippen MR) is 84.0 cm³/mol. The molecule has 0 saturated heterocycles. The molecule has 0 bridgehead atoms. The van der Waals surface area contributed by atoms with E-state index in [2.05, 4.69) is 29.7 Å². The molecule has 0 fully saturated rings. The van der Waals surface area contributed by atoms with Crippen molar-refractivity contribution >= 4 is 5.91 Å². The zero-order valence-corrected chi connectivity index (χ0v) is 12.4. The summed E-state index contributed by atoms with van der Waals surface area (Å²) in [4.78, 5) is 12.4. The standard InChI is InChI=1S/C18H20N2O/c1-12-5-3-4-6-17(12)13(2)20-18(21)14-7-8-15-10-19-11-16(15)9-14/h3-9,13,19H,10-11H2,1-2H3,(H,20,21)/t13-/m0/s1. The molecule has 0 spiro atoms. The van der Waals surface area contributed by atoms with Crippen LogP contribution in [0.5, 0.6) is 0 Å². The highest BCUT2D eigenvalue weighted by Gasteiger charge is 2.16. The molecular weight excluding hydrogens is 260 g/mol. The number of carbonyl (C=O) groups excluding carboxylic acids is 1. The van der Waals surface area contributed by atoms with Crippen molar-refractivity contribution in [3.05, 3.63) is 70.3 Å². The maximum absolute atomic E-state index is 12.4. The summed E-state index contributed by atoms with van der Waals surface area (Å²) >= 11 is 0. The van der Waals surface area contributed by atoms with E-state index in [1.165, 1.54) is 16.7 Å². The molecule has 1 aliphatic heterocycles. The molecule has 1 amide bonds. The molecule has 0 aromatic heterocycles. The fourth-order valence-corrected chi connectivity index (χ4v) is 2.87. The Balaban J connectivity index is 1.76. The second kappa shape index (κ2) is 5.70. The number of amides is 1. The van der Waals surface area contributed by atoms with Gasteiger partial charge in [0.15, 0.2) is 0 Å². The molecule has 1 heterocycles. The van der Waals surface area contributed by atoms with Gasteiger partial charge in [-0.2, -0.15) is 0 Å². The zero-order valence-electron chi connectivity index (χ0n) is 12.4. The van der Waals surface area contributed by atoms with Crippen LogP contribution in [0.1, 0.15) is 45.6 Å². The lowest BCUT2D eigenvalue weighted by Gasteiger charge is -2.17. The minimum absolute atomic E-state index is 0.00470. The molecule has 0 aliphatic carbocycles. The zero-order chi connectivity index (χ0) is 14.8. The van der Waals surface area contributed by atoms with Gasteiger partial charge in [-0.15, -0.1) is 0 Å². The van der Waals surface area contributed by atoms with Crippen molar-refractivity contribution < 1.29 is 4.79 Å². The summed E-state index contributed by atoms with van der Waals surface area (Å²) in [5, 5.41) is 6.38. The fourth-order valence-electron chi connectivity index (χ4n) is 2.87. The third-order valence-electron chi connectivity index (χ3n) is 4.10. The van der Waals surface area contributed by atoms with Gasteiger partial charge >= 0.3 is 0 Å². The van der Waals surface area contributed by atoms with E-state index in [4.69, 9.17) is 0 Å². The van der Waals surface area contributed by atoms with Gasteiger partial charge in [0.05, 0.1) is 6.04 Å². The Morgan fingerprint density at radius 1 is 1.14 bits per heavy atom. The van der Waals surface area contributed by atoms with E-state index in [0.717, 1.165) is 24.2 Å². The van der Waals surface area contributed by atoms with Gasteiger partial charge in [-0.25, -0.2) is 0 Å². The van der Waals surface area contributed by atoms with Gasteiger partial charge < -0.3 is 10.6 Å². The topological polar surface area (TPSA) is 41.1 Å². The Kier molecular flexibility index (Phi) is 3.76. The smallest absolute Gasteiger partial charge is 0.251 e. The van der Waals surface area contributed by atoms with Crippen molar-refractivity contribution in [2.75, 3.05) is 0 Å². The van der Waals surface area contributed by atoms with Crippen LogP contribution in [0.4, 0.5) is 0 Å². The molecule has 3 rings (SSSR count). The molecule has 0 unspecified atom stereocenters. The number of carbonyl (C=O) groups is 1. The van der Waals surface area contributed by atoms with Crippen LogP contribution < -0.4 is 10.6 Å². The van der Waals surface area contributed by atoms with Gasteiger partial charge in [0.1, 0.15) is 0 Å². The minimum atomic E-state index is -0.0135. The van der Waals surface area contributed by atoms with Crippen LogP contribution in [0, 0.1) is 6.92 Å². The van der Waals surface area contributed by atoms with Crippen molar-refractivity contribution in [1.29, 1.82) is 0 Å². The van der Waals surface area contributed by atoms with Gasteiger partial charge in [0.2, 0.25) is 0 Å². The summed E-state index contributed by atoms with van der Waals surface area (Å²) < 4.78 is 0. The second-order valence-corrected chi connectivity index (χ2v) is 5.64. The Morgan fingerprint density at radius 3 is 2.71 bits per heavy atom. The first-order valence-corrected chi connectivity index (χ1v) is 7.34. The molecular formula is C18H20N2O. The number of rotatable bonds is 3. The number of benzene rings is 2. The maximum atomic E-state index is 12.4. The Labute approximate surface area is 125 Å². The average Bonchev–Trinajstić information content (AvgIpc) is 2.94. The minimum Gasteiger partial charge on any atom is -0.346 e. The van der Waals surface area contributed by atoms with Crippen LogP contribution in [0.3, 0.4) is 0 Å². The lowest BCUT2D eigenvalue weighted by Crippen LogP contribution is -2.27. The van der Waals surface area contributed by atoms with E-state index in [9.17, 15) is 4.79 Å². The van der Waals surface area contributed by atoms with Crippen molar-refractivity contribution in [2.24, 2.45) is 0 Å². The first-order chi connectivity index (χ1) is 10.1. The highest BCUT2D eigenvalue weighted by molar-refractivity contribution is 5.94. The highest BCUT2D eigenvalue weighted by atomic mass is 16.1. The molecule has 2 aromatic carbocycles. The van der Waals surface area contributed by atoms with Crippen molar-refractivity contribution in [1.82, 2.24) is 10.6 Å². The molecule has 0 saturated carbocycles. The summed E-state index contributed by atoms with van der Waals surface area (Å²) in [5.74, 6) is -0.0135. The Morgan fingerprint density at radius 2 is 1.90 bits per heavy atom. The monoisotopic (exact) mass is 280 g/mol. The Hall–Kier alpha value is -2.13. The lowest BCUT2D eigenvalue weighted by molar-refractivity contribution is 0.0939. The second-order valence-electron chi connectivity index (χ2n) is 5.64. The third kappa shape index (κ3) is 2.83. The van der Waals surface area contributed by atoms with Crippen LogP contribution in [-0.4, -0.2) is 5.91 Å².